The molecule has 1 aromatic rings. The lowest BCUT2D eigenvalue weighted by Gasteiger charge is -2.37. The summed E-state index contributed by atoms with van der Waals surface area (Å²) in [6, 6.07) is 10.6. The molecule has 0 saturated heterocycles. The quantitative estimate of drug-likeness (QED) is 0.554. The Morgan fingerprint density at radius 2 is 1.88 bits per heavy atom. The minimum Gasteiger partial charge on any atom is -0.369 e. The summed E-state index contributed by atoms with van der Waals surface area (Å²) in [6.45, 7) is 8.68. The largest absolute Gasteiger partial charge is 0.369 e. The summed E-state index contributed by atoms with van der Waals surface area (Å²) >= 11 is 0. The third-order valence-corrected chi connectivity index (χ3v) is 5.40. The number of rotatable bonds is 6. The molecule has 2 nitrogen and oxygen atoms in total. The number of nitrogens with zero attached hydrogens (tertiary/aromatic N) is 1. The van der Waals surface area contributed by atoms with Crippen molar-refractivity contribution in [3.05, 3.63) is 35.9 Å². The average Bonchev–Trinajstić information content (AvgIpc) is 2.30. The monoisotopic (exact) mass is 237 g/mol. The summed E-state index contributed by atoms with van der Waals surface area (Å²) in [6.07, 6.45) is 0. The van der Waals surface area contributed by atoms with Crippen LogP contribution in [0.2, 0.25) is 6.55 Å². The molecule has 0 bridgehead atoms. The van der Waals surface area contributed by atoms with Crippen molar-refractivity contribution in [2.45, 2.75) is 32.1 Å². The minimum atomic E-state index is -0.0958. The van der Waals surface area contributed by atoms with Crippen molar-refractivity contribution < 1.29 is 4.74 Å². The number of ether oxygens (including phenoxy) is 1. The van der Waals surface area contributed by atoms with Crippen LogP contribution < -0.4 is 0 Å². The van der Waals surface area contributed by atoms with Crippen molar-refractivity contribution >= 4 is 9.52 Å². The first-order chi connectivity index (χ1) is 7.60. The van der Waals surface area contributed by atoms with Crippen molar-refractivity contribution in [3.63, 3.8) is 0 Å². The number of benzene rings is 1. The van der Waals surface area contributed by atoms with Crippen molar-refractivity contribution in [2.24, 2.45) is 0 Å². The fraction of sp³-hybridized carbons (Fsp3) is 0.538. The molecule has 0 N–H and O–H groups in total. The van der Waals surface area contributed by atoms with Gasteiger partial charge in [0.25, 0.3) is 0 Å². The molecule has 0 saturated carbocycles. The molecule has 0 aliphatic carbocycles. The molecule has 0 radical (unpaired) electrons. The molecule has 0 spiro atoms. The second kappa shape index (κ2) is 6.18. The Labute approximate surface area is 101 Å². The van der Waals surface area contributed by atoms with Crippen molar-refractivity contribution in [1.82, 2.24) is 4.90 Å². The van der Waals surface area contributed by atoms with Crippen LogP contribution in [0.15, 0.2) is 30.3 Å². The maximum absolute atomic E-state index is 5.31. The van der Waals surface area contributed by atoms with E-state index in [1.807, 2.05) is 0 Å². The molecule has 0 fully saturated rings. The summed E-state index contributed by atoms with van der Waals surface area (Å²) in [4.78, 5) is 2.43. The van der Waals surface area contributed by atoms with Gasteiger partial charge in [0.2, 0.25) is 0 Å². The lowest BCUT2D eigenvalue weighted by Crippen LogP contribution is -2.48. The normalized spacial score (nSPS) is 12.8. The first-order valence-corrected chi connectivity index (χ1v) is 8.00. The predicted octanol–water partition coefficient (Wildman–Crippen LogP) is 2.05. The van der Waals surface area contributed by atoms with Gasteiger partial charge in [0.1, 0.15) is 0 Å². The van der Waals surface area contributed by atoms with Gasteiger partial charge in [0.05, 0.1) is 6.73 Å². The second-order valence-electron chi connectivity index (χ2n) is 4.77. The van der Waals surface area contributed by atoms with E-state index in [4.69, 9.17) is 4.74 Å². The zero-order valence-corrected chi connectivity index (χ0v) is 12.3. The highest BCUT2D eigenvalue weighted by Crippen LogP contribution is 2.16. The van der Waals surface area contributed by atoms with Crippen LogP contribution in [-0.2, 0) is 11.3 Å². The molecular weight excluding hydrogens is 214 g/mol. The zero-order valence-electron chi connectivity index (χ0n) is 10.9. The number of hydrogen-bond acceptors (Lipinski definition) is 2. The van der Waals surface area contributed by atoms with Crippen molar-refractivity contribution in [1.29, 1.82) is 0 Å². The molecule has 0 unspecified atom stereocenters. The Balaban J connectivity index is 2.72. The average molecular weight is 237 g/mol. The molecule has 1 rings (SSSR count). The SMILES string of the molecule is COCN(Cc1ccccc1)C(C)(C)[SiH2]C. The third kappa shape index (κ3) is 3.74. The van der Waals surface area contributed by atoms with Gasteiger partial charge in [-0.25, -0.2) is 0 Å². The van der Waals surface area contributed by atoms with Crippen LogP contribution in [0, 0.1) is 0 Å². The summed E-state index contributed by atoms with van der Waals surface area (Å²) in [7, 11) is 1.67. The van der Waals surface area contributed by atoms with Gasteiger partial charge in [0.15, 0.2) is 0 Å². The van der Waals surface area contributed by atoms with E-state index in [0.717, 1.165) is 6.54 Å². The lowest BCUT2D eigenvalue weighted by atomic mass is 10.2. The van der Waals surface area contributed by atoms with E-state index < -0.39 is 0 Å². The first-order valence-electron chi connectivity index (χ1n) is 5.88. The van der Waals surface area contributed by atoms with Crippen LogP contribution in [0.25, 0.3) is 0 Å². The van der Waals surface area contributed by atoms with Crippen LogP contribution in [-0.4, -0.2) is 33.4 Å². The predicted molar refractivity (Wildman–Crippen MR) is 72.3 cm³/mol. The van der Waals surface area contributed by atoms with Crippen LogP contribution in [0.4, 0.5) is 0 Å². The van der Waals surface area contributed by atoms with Crippen LogP contribution in [0.3, 0.4) is 0 Å². The Morgan fingerprint density at radius 3 is 2.38 bits per heavy atom. The highest BCUT2D eigenvalue weighted by Gasteiger charge is 2.24. The maximum Gasteiger partial charge on any atom is 0.0991 e. The number of hydrogen-bond donors (Lipinski definition) is 0. The Kier molecular flexibility index (Phi) is 5.18. The van der Waals surface area contributed by atoms with Gasteiger partial charge >= 0.3 is 0 Å². The number of methoxy groups -OCH3 is 1. The Bertz CT molecular complexity index is 300. The molecule has 0 aromatic heterocycles. The molecule has 0 amide bonds. The van der Waals surface area contributed by atoms with Crippen molar-refractivity contribution in [2.75, 3.05) is 13.8 Å². The van der Waals surface area contributed by atoms with Gasteiger partial charge in [-0.1, -0.05) is 50.7 Å². The first kappa shape index (κ1) is 13.4. The van der Waals surface area contributed by atoms with Gasteiger partial charge in [-0.15, -0.1) is 0 Å². The fourth-order valence-electron chi connectivity index (χ4n) is 1.62. The van der Waals surface area contributed by atoms with Gasteiger partial charge in [-0.05, 0) is 5.56 Å². The summed E-state index contributed by atoms with van der Waals surface area (Å²) < 4.78 is 5.31. The molecule has 0 aliphatic heterocycles. The van der Waals surface area contributed by atoms with Crippen LogP contribution in [0.5, 0.6) is 0 Å². The highest BCUT2D eigenvalue weighted by atomic mass is 28.2. The van der Waals surface area contributed by atoms with Crippen LogP contribution >= 0.6 is 0 Å². The molecule has 0 heterocycles. The molecule has 16 heavy (non-hydrogen) atoms. The minimum absolute atomic E-state index is 0.0958. The summed E-state index contributed by atoms with van der Waals surface area (Å²) in [5.41, 5.74) is 1.36. The van der Waals surface area contributed by atoms with E-state index in [1.54, 1.807) is 7.11 Å². The van der Waals surface area contributed by atoms with Gasteiger partial charge in [0, 0.05) is 28.3 Å². The van der Waals surface area contributed by atoms with Gasteiger partial charge in [-0.2, -0.15) is 0 Å². The van der Waals surface area contributed by atoms with E-state index in [1.165, 1.54) is 5.56 Å². The second-order valence-corrected chi connectivity index (χ2v) is 7.20. The summed E-state index contributed by atoms with van der Waals surface area (Å²) in [5, 5.41) is 0.311. The molecule has 0 aliphatic rings. The standard InChI is InChI=1S/C13H23NOSi/c1-13(2,16-4)14(11-15-3)10-12-8-6-5-7-9-12/h5-9H,10-11,16H2,1-4H3. The van der Waals surface area contributed by atoms with Gasteiger partial charge in [-0.3, -0.25) is 4.90 Å². The molecule has 3 heteroatoms. The lowest BCUT2D eigenvalue weighted by molar-refractivity contribution is 0.0217. The molecule has 90 valence electrons. The van der Waals surface area contributed by atoms with E-state index in [0.29, 0.717) is 11.9 Å². The summed E-state index contributed by atoms with van der Waals surface area (Å²) in [5.74, 6) is 0. The van der Waals surface area contributed by atoms with Crippen molar-refractivity contribution in [3.8, 4) is 0 Å². The van der Waals surface area contributed by atoms with E-state index in [2.05, 4.69) is 55.6 Å². The molecular formula is C13H23NOSi. The van der Waals surface area contributed by atoms with E-state index in [9.17, 15) is 0 Å². The Hall–Kier alpha value is -0.643. The third-order valence-electron chi connectivity index (χ3n) is 3.22. The smallest absolute Gasteiger partial charge is 0.0991 e. The fourth-order valence-corrected chi connectivity index (χ4v) is 2.27. The zero-order chi connectivity index (χ0) is 12.0. The molecule has 0 atom stereocenters. The van der Waals surface area contributed by atoms with Gasteiger partial charge < -0.3 is 4.74 Å². The van der Waals surface area contributed by atoms with Crippen LogP contribution in [0.1, 0.15) is 19.4 Å². The highest BCUT2D eigenvalue weighted by molar-refractivity contribution is 6.37. The van der Waals surface area contributed by atoms with E-state index >= 15 is 0 Å². The Morgan fingerprint density at radius 1 is 1.25 bits per heavy atom. The topological polar surface area (TPSA) is 12.5 Å². The maximum atomic E-state index is 5.31. The molecule has 1 aromatic carbocycles. The van der Waals surface area contributed by atoms with E-state index in [-0.39, 0.29) is 9.52 Å².